The maximum atomic E-state index is 11.6. The molecule has 0 aliphatic heterocycles. The minimum atomic E-state index is -0.930. The number of carbonyl (C=O) groups excluding carboxylic acids is 1. The topological polar surface area (TPSA) is 135 Å². The van der Waals surface area contributed by atoms with E-state index < -0.39 is 16.9 Å². The van der Waals surface area contributed by atoms with Crippen molar-refractivity contribution in [3.63, 3.8) is 0 Å². The van der Waals surface area contributed by atoms with E-state index in [0.29, 0.717) is 24.5 Å². The Hall–Kier alpha value is -3.82. The van der Waals surface area contributed by atoms with Gasteiger partial charge >= 0.3 is 11.9 Å². The molecule has 31 heavy (non-hydrogen) atoms. The van der Waals surface area contributed by atoms with Crippen LogP contribution in [0.2, 0.25) is 0 Å². The number of non-ortho nitro benzene ring substituents is 1. The lowest BCUT2D eigenvalue weighted by molar-refractivity contribution is -0.384. The van der Waals surface area contributed by atoms with Gasteiger partial charge in [-0.1, -0.05) is 0 Å². The number of hydrogen-bond donors (Lipinski definition) is 1. The summed E-state index contributed by atoms with van der Waals surface area (Å²) in [4.78, 5) is 34.3. The van der Waals surface area contributed by atoms with Crippen molar-refractivity contribution in [2.75, 3.05) is 24.6 Å². The summed E-state index contributed by atoms with van der Waals surface area (Å²) in [6.45, 7) is 3.41. The molecule has 0 aliphatic carbocycles. The van der Waals surface area contributed by atoms with E-state index in [9.17, 15) is 19.7 Å². The van der Waals surface area contributed by atoms with Gasteiger partial charge in [0.05, 0.1) is 22.8 Å². The van der Waals surface area contributed by atoms with Gasteiger partial charge in [-0.3, -0.25) is 19.7 Å². The summed E-state index contributed by atoms with van der Waals surface area (Å²) < 4.78 is 5.16. The highest BCUT2D eigenvalue weighted by molar-refractivity contribution is 5.71. The molecular weight excluding hydrogens is 404 g/mol. The number of rotatable bonds is 12. The second-order valence-electron chi connectivity index (χ2n) is 6.54. The van der Waals surface area contributed by atoms with Gasteiger partial charge in [-0.15, -0.1) is 0 Å². The number of carboxylic acid groups (broad SMARTS) is 1. The number of anilines is 1. The molecule has 0 radical (unpaired) electrons. The van der Waals surface area contributed by atoms with Crippen molar-refractivity contribution >= 4 is 34.7 Å². The fourth-order valence-electron chi connectivity index (χ4n) is 2.68. The summed E-state index contributed by atoms with van der Waals surface area (Å²) in [7, 11) is 0. The maximum absolute atomic E-state index is 11.6. The first-order valence-corrected chi connectivity index (χ1v) is 9.77. The second kappa shape index (κ2) is 12.0. The van der Waals surface area contributed by atoms with Crippen molar-refractivity contribution in [2.24, 2.45) is 10.2 Å². The molecular formula is C21H24N4O6. The third-order valence-corrected chi connectivity index (χ3v) is 4.33. The zero-order valence-electron chi connectivity index (χ0n) is 17.1. The van der Waals surface area contributed by atoms with Gasteiger partial charge in [-0.2, -0.15) is 10.2 Å². The Morgan fingerprint density at radius 3 is 2.13 bits per heavy atom. The van der Waals surface area contributed by atoms with E-state index in [1.165, 1.54) is 24.3 Å². The number of benzene rings is 2. The molecule has 10 nitrogen and oxygen atoms in total. The van der Waals surface area contributed by atoms with E-state index in [4.69, 9.17) is 9.84 Å². The van der Waals surface area contributed by atoms with Gasteiger partial charge in [-0.05, 0) is 49.7 Å². The first kappa shape index (κ1) is 23.5. The predicted octanol–water partition coefficient (Wildman–Crippen LogP) is 4.63. The van der Waals surface area contributed by atoms with Crippen molar-refractivity contribution < 1.29 is 24.4 Å². The van der Waals surface area contributed by atoms with Gasteiger partial charge in [0.15, 0.2) is 0 Å². The van der Waals surface area contributed by atoms with Crippen LogP contribution in [0.15, 0.2) is 58.8 Å². The number of carbonyl (C=O) groups is 2. The molecule has 0 atom stereocenters. The van der Waals surface area contributed by atoms with Gasteiger partial charge in [0.25, 0.3) is 5.69 Å². The van der Waals surface area contributed by atoms with E-state index >= 15 is 0 Å². The molecule has 1 N–H and O–H groups in total. The number of aliphatic carboxylic acids is 1. The molecule has 2 aromatic carbocycles. The summed E-state index contributed by atoms with van der Waals surface area (Å²) in [5, 5.41) is 27.4. The van der Waals surface area contributed by atoms with Gasteiger partial charge in [0.2, 0.25) is 0 Å². The molecule has 0 saturated carbocycles. The zero-order valence-corrected chi connectivity index (χ0v) is 17.1. The standard InChI is InChI=1S/C21H24N4O6/c1-2-24(14-15-31-21(28)5-3-4-20(26)27)18-10-6-16(7-11-18)22-23-17-8-12-19(13-9-17)25(29)30/h6-13H,2-5,14-15H2,1H3,(H,26,27). The molecule has 0 saturated heterocycles. The smallest absolute Gasteiger partial charge is 0.305 e. The predicted molar refractivity (Wildman–Crippen MR) is 114 cm³/mol. The van der Waals surface area contributed by atoms with Crippen LogP contribution in [0, 0.1) is 10.1 Å². The monoisotopic (exact) mass is 428 g/mol. The van der Waals surface area contributed by atoms with Crippen LogP contribution in [0.25, 0.3) is 0 Å². The molecule has 0 amide bonds. The maximum Gasteiger partial charge on any atom is 0.305 e. The third-order valence-electron chi connectivity index (χ3n) is 4.33. The summed E-state index contributed by atoms with van der Waals surface area (Å²) in [5.41, 5.74) is 2.06. The highest BCUT2D eigenvalue weighted by Crippen LogP contribution is 2.23. The molecule has 10 heteroatoms. The molecule has 0 fully saturated rings. The molecule has 0 heterocycles. The molecule has 0 bridgehead atoms. The average molecular weight is 428 g/mol. The number of hydrogen-bond acceptors (Lipinski definition) is 8. The summed E-state index contributed by atoms with van der Waals surface area (Å²) >= 11 is 0. The molecule has 164 valence electrons. The molecule has 0 aromatic heterocycles. The summed E-state index contributed by atoms with van der Waals surface area (Å²) in [6, 6.07) is 13.1. The van der Waals surface area contributed by atoms with Crippen LogP contribution in [-0.4, -0.2) is 41.7 Å². The van der Waals surface area contributed by atoms with Crippen molar-refractivity contribution in [2.45, 2.75) is 26.2 Å². The number of likely N-dealkylation sites (N-methyl/N-ethyl adjacent to an activating group) is 1. The number of azo groups is 1. The SMILES string of the molecule is CCN(CCOC(=O)CCCC(=O)O)c1ccc(N=Nc2ccc([N+](=O)[O-])cc2)cc1. The molecule has 2 rings (SSSR count). The van der Waals surface area contributed by atoms with Gasteiger partial charge in [0.1, 0.15) is 6.61 Å². The fourth-order valence-corrected chi connectivity index (χ4v) is 2.68. The van der Waals surface area contributed by atoms with Crippen LogP contribution >= 0.6 is 0 Å². The van der Waals surface area contributed by atoms with Crippen molar-refractivity contribution in [3.05, 3.63) is 58.6 Å². The van der Waals surface area contributed by atoms with E-state index in [1.54, 1.807) is 12.1 Å². The van der Waals surface area contributed by atoms with Crippen LogP contribution in [0.3, 0.4) is 0 Å². The molecule has 0 unspecified atom stereocenters. The first-order chi connectivity index (χ1) is 14.9. The lowest BCUT2D eigenvalue weighted by Crippen LogP contribution is -2.27. The number of nitro benzene ring substituents is 1. The van der Waals surface area contributed by atoms with Gasteiger partial charge < -0.3 is 14.7 Å². The second-order valence-corrected chi connectivity index (χ2v) is 6.54. The van der Waals surface area contributed by atoms with Crippen LogP contribution in [0.5, 0.6) is 0 Å². The van der Waals surface area contributed by atoms with E-state index in [2.05, 4.69) is 10.2 Å². The normalized spacial score (nSPS) is 10.7. The van der Waals surface area contributed by atoms with Gasteiger partial charge in [-0.25, -0.2) is 0 Å². The number of esters is 1. The Labute approximate surface area is 179 Å². The number of nitrogens with zero attached hydrogens (tertiary/aromatic N) is 4. The molecule has 2 aromatic rings. The van der Waals surface area contributed by atoms with Crippen molar-refractivity contribution in [1.29, 1.82) is 0 Å². The van der Waals surface area contributed by atoms with Gasteiger partial charge in [0, 0.05) is 37.2 Å². The zero-order chi connectivity index (χ0) is 22.6. The molecule has 0 aliphatic rings. The highest BCUT2D eigenvalue weighted by Gasteiger charge is 2.08. The van der Waals surface area contributed by atoms with E-state index in [1.807, 2.05) is 24.0 Å². The number of ether oxygens (including phenoxy) is 1. The first-order valence-electron chi connectivity index (χ1n) is 9.77. The Bertz CT molecular complexity index is 912. The number of carboxylic acids is 1. The van der Waals surface area contributed by atoms with Crippen molar-refractivity contribution in [1.82, 2.24) is 0 Å². The minimum absolute atomic E-state index is 0.00565. The Balaban J connectivity index is 1.85. The van der Waals surface area contributed by atoms with Crippen LogP contribution in [0.4, 0.5) is 22.7 Å². The quantitative estimate of drug-likeness (QED) is 0.225. The lowest BCUT2D eigenvalue weighted by atomic mass is 10.2. The Kier molecular flexibility index (Phi) is 9.09. The lowest BCUT2D eigenvalue weighted by Gasteiger charge is -2.22. The summed E-state index contributed by atoms with van der Waals surface area (Å²) in [5.74, 6) is -1.33. The highest BCUT2D eigenvalue weighted by atomic mass is 16.6. The average Bonchev–Trinajstić information content (AvgIpc) is 2.76. The third kappa shape index (κ3) is 8.21. The minimum Gasteiger partial charge on any atom is -0.481 e. The summed E-state index contributed by atoms with van der Waals surface area (Å²) in [6.07, 6.45) is 0.304. The van der Waals surface area contributed by atoms with Crippen LogP contribution in [0.1, 0.15) is 26.2 Å². The van der Waals surface area contributed by atoms with Crippen molar-refractivity contribution in [3.8, 4) is 0 Å². The number of nitro groups is 1. The van der Waals surface area contributed by atoms with Crippen LogP contribution < -0.4 is 4.90 Å². The van der Waals surface area contributed by atoms with Crippen LogP contribution in [-0.2, 0) is 14.3 Å². The Morgan fingerprint density at radius 1 is 1.03 bits per heavy atom. The molecule has 0 spiro atoms. The van der Waals surface area contributed by atoms with E-state index in [-0.39, 0.29) is 31.6 Å². The Morgan fingerprint density at radius 2 is 1.61 bits per heavy atom. The van der Waals surface area contributed by atoms with E-state index in [0.717, 1.165) is 5.69 Å². The fraction of sp³-hybridized carbons (Fsp3) is 0.333. The largest absolute Gasteiger partial charge is 0.481 e.